The summed E-state index contributed by atoms with van der Waals surface area (Å²) in [4.78, 5) is 10.6. The van der Waals surface area contributed by atoms with E-state index in [0.717, 1.165) is 12.8 Å². The third kappa shape index (κ3) is 3.17. The fourth-order valence-corrected chi connectivity index (χ4v) is 1.26. The lowest BCUT2D eigenvalue weighted by molar-refractivity contribution is -0.112. The van der Waals surface area contributed by atoms with Crippen molar-refractivity contribution in [2.75, 3.05) is 0 Å². The smallest absolute Gasteiger partial charge is 0.152 e. The second kappa shape index (κ2) is 4.12. The van der Waals surface area contributed by atoms with E-state index in [1.807, 2.05) is 6.08 Å². The molecule has 0 aromatic rings. The molecule has 60 valence electrons. The molecule has 1 aliphatic carbocycles. The van der Waals surface area contributed by atoms with Crippen molar-refractivity contribution >= 4 is 5.78 Å². The van der Waals surface area contributed by atoms with Gasteiger partial charge in [0.15, 0.2) is 5.78 Å². The summed E-state index contributed by atoms with van der Waals surface area (Å²) in [6, 6.07) is 0. The third-order valence-corrected chi connectivity index (χ3v) is 1.91. The van der Waals surface area contributed by atoms with E-state index in [1.165, 1.54) is 6.42 Å². The highest BCUT2D eigenvalue weighted by molar-refractivity contribution is 5.87. The van der Waals surface area contributed by atoms with Crippen LogP contribution in [0.3, 0.4) is 0 Å². The molecule has 1 atom stereocenters. The molecule has 1 rings (SSSR count). The molecule has 0 bridgehead atoms. The lowest BCUT2D eigenvalue weighted by Gasteiger charge is -2.12. The van der Waals surface area contributed by atoms with Crippen molar-refractivity contribution in [2.45, 2.75) is 26.2 Å². The molecule has 0 fully saturated rings. The molecule has 0 radical (unpaired) electrons. The lowest BCUT2D eigenvalue weighted by atomic mass is 9.94. The Balaban J connectivity index is 2.37. The number of carbonyl (C=O) groups is 1. The van der Waals surface area contributed by atoms with Crippen molar-refractivity contribution in [1.29, 1.82) is 0 Å². The van der Waals surface area contributed by atoms with Gasteiger partial charge in [0.1, 0.15) is 0 Å². The molecule has 0 heterocycles. The fraction of sp³-hybridized carbons (Fsp3) is 0.500. The van der Waals surface area contributed by atoms with Gasteiger partial charge in [-0.25, -0.2) is 0 Å². The van der Waals surface area contributed by atoms with E-state index in [1.54, 1.807) is 13.0 Å². The molecule has 0 aliphatic heterocycles. The summed E-state index contributed by atoms with van der Waals surface area (Å²) < 4.78 is 0. The van der Waals surface area contributed by atoms with Crippen LogP contribution >= 0.6 is 0 Å². The number of carbonyl (C=O) groups excluding carboxylic acids is 1. The molecule has 1 aliphatic rings. The maximum atomic E-state index is 10.6. The Bertz CT molecular complexity index is 189. The predicted octanol–water partition coefficient (Wildman–Crippen LogP) is 2.49. The SMILES string of the molecule is CC(=O)/C=C/C1CC=CCC1. The standard InChI is InChI=1S/C10H14O/c1-9(11)7-8-10-5-3-2-4-6-10/h2-3,7-8,10H,4-6H2,1H3/b8-7+. The molecule has 0 saturated carbocycles. The minimum absolute atomic E-state index is 0.152. The first kappa shape index (κ1) is 8.25. The van der Waals surface area contributed by atoms with Crippen molar-refractivity contribution in [1.82, 2.24) is 0 Å². The average molecular weight is 150 g/mol. The molecule has 0 saturated heterocycles. The van der Waals surface area contributed by atoms with Crippen LogP contribution in [0.1, 0.15) is 26.2 Å². The monoisotopic (exact) mass is 150 g/mol. The molecule has 1 heteroatoms. The van der Waals surface area contributed by atoms with E-state index in [9.17, 15) is 4.79 Å². The maximum absolute atomic E-state index is 10.6. The van der Waals surface area contributed by atoms with Crippen LogP contribution in [0.4, 0.5) is 0 Å². The van der Waals surface area contributed by atoms with Gasteiger partial charge in [0.2, 0.25) is 0 Å². The molecule has 1 unspecified atom stereocenters. The first-order chi connectivity index (χ1) is 5.29. The van der Waals surface area contributed by atoms with Crippen LogP contribution in [0.25, 0.3) is 0 Å². The Morgan fingerprint density at radius 2 is 2.36 bits per heavy atom. The number of hydrogen-bond donors (Lipinski definition) is 0. The minimum Gasteiger partial charge on any atom is -0.295 e. The Labute approximate surface area is 67.8 Å². The van der Waals surface area contributed by atoms with Crippen molar-refractivity contribution in [3.05, 3.63) is 24.3 Å². The van der Waals surface area contributed by atoms with Crippen LogP contribution in [-0.4, -0.2) is 5.78 Å². The van der Waals surface area contributed by atoms with Gasteiger partial charge in [-0.3, -0.25) is 4.79 Å². The second-order valence-corrected chi connectivity index (χ2v) is 3.01. The molecule has 0 aromatic heterocycles. The summed E-state index contributed by atoms with van der Waals surface area (Å²) in [6.45, 7) is 1.59. The Hall–Kier alpha value is -0.850. The minimum atomic E-state index is 0.152. The summed E-state index contributed by atoms with van der Waals surface area (Å²) in [6.07, 6.45) is 11.6. The summed E-state index contributed by atoms with van der Waals surface area (Å²) in [7, 11) is 0. The van der Waals surface area contributed by atoms with E-state index in [-0.39, 0.29) is 5.78 Å². The van der Waals surface area contributed by atoms with Gasteiger partial charge in [0.25, 0.3) is 0 Å². The van der Waals surface area contributed by atoms with Crippen LogP contribution in [-0.2, 0) is 4.79 Å². The Morgan fingerprint density at radius 1 is 1.55 bits per heavy atom. The molecule has 0 amide bonds. The van der Waals surface area contributed by atoms with Crippen LogP contribution in [0.5, 0.6) is 0 Å². The number of allylic oxidation sites excluding steroid dienone is 4. The van der Waals surface area contributed by atoms with Crippen molar-refractivity contribution in [3.63, 3.8) is 0 Å². The van der Waals surface area contributed by atoms with Crippen molar-refractivity contribution < 1.29 is 4.79 Å². The van der Waals surface area contributed by atoms with Gasteiger partial charge in [0.05, 0.1) is 0 Å². The first-order valence-corrected chi connectivity index (χ1v) is 4.13. The summed E-state index contributed by atoms with van der Waals surface area (Å²) >= 11 is 0. The molecule has 0 aromatic carbocycles. The quantitative estimate of drug-likeness (QED) is 0.436. The van der Waals surface area contributed by atoms with Crippen LogP contribution < -0.4 is 0 Å². The Morgan fingerprint density at radius 3 is 2.91 bits per heavy atom. The summed E-state index contributed by atoms with van der Waals surface area (Å²) in [5.41, 5.74) is 0. The highest BCUT2D eigenvalue weighted by Crippen LogP contribution is 2.18. The van der Waals surface area contributed by atoms with E-state index < -0.39 is 0 Å². The average Bonchev–Trinajstić information content (AvgIpc) is 2.03. The van der Waals surface area contributed by atoms with Gasteiger partial charge in [-0.1, -0.05) is 18.2 Å². The molecule has 1 nitrogen and oxygen atoms in total. The van der Waals surface area contributed by atoms with E-state index >= 15 is 0 Å². The van der Waals surface area contributed by atoms with Gasteiger partial charge >= 0.3 is 0 Å². The normalized spacial score (nSPS) is 24.3. The molecule has 0 spiro atoms. The van der Waals surface area contributed by atoms with Crippen LogP contribution in [0.15, 0.2) is 24.3 Å². The second-order valence-electron chi connectivity index (χ2n) is 3.01. The third-order valence-electron chi connectivity index (χ3n) is 1.91. The van der Waals surface area contributed by atoms with E-state index in [4.69, 9.17) is 0 Å². The fourth-order valence-electron chi connectivity index (χ4n) is 1.26. The summed E-state index contributed by atoms with van der Waals surface area (Å²) in [5, 5.41) is 0. The molecule has 0 N–H and O–H groups in total. The zero-order chi connectivity index (χ0) is 8.10. The number of ketones is 1. The number of hydrogen-bond acceptors (Lipinski definition) is 1. The highest BCUT2D eigenvalue weighted by atomic mass is 16.1. The lowest BCUT2D eigenvalue weighted by Crippen LogP contribution is -1.98. The number of rotatable bonds is 2. The first-order valence-electron chi connectivity index (χ1n) is 4.13. The van der Waals surface area contributed by atoms with Gasteiger partial charge in [-0.2, -0.15) is 0 Å². The Kier molecular flexibility index (Phi) is 3.09. The highest BCUT2D eigenvalue weighted by Gasteiger charge is 2.04. The topological polar surface area (TPSA) is 17.1 Å². The van der Waals surface area contributed by atoms with Gasteiger partial charge in [-0.05, 0) is 38.2 Å². The molecule has 11 heavy (non-hydrogen) atoms. The predicted molar refractivity (Wildman–Crippen MR) is 46.3 cm³/mol. The molecular weight excluding hydrogens is 136 g/mol. The molecular formula is C10H14O. The maximum Gasteiger partial charge on any atom is 0.152 e. The van der Waals surface area contributed by atoms with Crippen molar-refractivity contribution in [2.24, 2.45) is 5.92 Å². The van der Waals surface area contributed by atoms with Crippen molar-refractivity contribution in [3.8, 4) is 0 Å². The van der Waals surface area contributed by atoms with E-state index in [2.05, 4.69) is 12.2 Å². The largest absolute Gasteiger partial charge is 0.295 e. The van der Waals surface area contributed by atoms with Gasteiger partial charge in [0, 0.05) is 0 Å². The zero-order valence-electron chi connectivity index (χ0n) is 6.92. The van der Waals surface area contributed by atoms with Gasteiger partial charge < -0.3 is 0 Å². The summed E-state index contributed by atoms with van der Waals surface area (Å²) in [5.74, 6) is 0.753. The zero-order valence-corrected chi connectivity index (χ0v) is 6.92. The van der Waals surface area contributed by atoms with Gasteiger partial charge in [-0.15, -0.1) is 0 Å². The van der Waals surface area contributed by atoms with Crippen LogP contribution in [0, 0.1) is 5.92 Å². The van der Waals surface area contributed by atoms with E-state index in [0.29, 0.717) is 5.92 Å². The van der Waals surface area contributed by atoms with Crippen LogP contribution in [0.2, 0.25) is 0 Å².